The van der Waals surface area contributed by atoms with Gasteiger partial charge in [0.05, 0.1) is 13.7 Å². The summed E-state index contributed by atoms with van der Waals surface area (Å²) in [6.45, 7) is -0.619. The number of benzene rings is 2. The van der Waals surface area contributed by atoms with E-state index < -0.39 is 40.1 Å². The Morgan fingerprint density at radius 2 is 1.83 bits per heavy atom. The Kier molecular flexibility index (Phi) is 6.15. The zero-order valence-corrected chi connectivity index (χ0v) is 17.4. The van der Waals surface area contributed by atoms with Crippen LogP contribution in [0.5, 0.6) is 0 Å². The van der Waals surface area contributed by atoms with Crippen LogP contribution in [-0.2, 0) is 19.6 Å². The highest BCUT2D eigenvalue weighted by atomic mass is 32.2. The molecule has 0 aliphatic heterocycles. The standard InChI is InChI=1S/C19H16F2N2O5S2/c1-23(10-16(24)22-11-7-8-13(20)14(21)9-11)30(26,27)18-12-5-3-4-6-15(12)29-17(18)19(25)28-2/h3-9H,10H2,1-2H3,(H,22,24). The van der Waals surface area contributed by atoms with E-state index in [0.29, 0.717) is 10.1 Å². The van der Waals surface area contributed by atoms with Crippen LogP contribution in [0.4, 0.5) is 14.5 Å². The van der Waals surface area contributed by atoms with Gasteiger partial charge < -0.3 is 10.1 Å². The molecular formula is C19H16F2N2O5S2. The second-order valence-electron chi connectivity index (χ2n) is 6.19. The van der Waals surface area contributed by atoms with Crippen LogP contribution in [-0.4, -0.2) is 45.3 Å². The Balaban J connectivity index is 1.90. The Hall–Kier alpha value is -2.89. The molecule has 0 saturated carbocycles. The Bertz CT molecular complexity index is 1240. The highest BCUT2D eigenvalue weighted by Gasteiger charge is 2.32. The quantitative estimate of drug-likeness (QED) is 0.578. The number of hydrogen-bond donors (Lipinski definition) is 1. The molecule has 1 aromatic heterocycles. The van der Waals surface area contributed by atoms with Gasteiger partial charge in [0.25, 0.3) is 0 Å². The fraction of sp³-hybridized carbons (Fsp3) is 0.158. The van der Waals surface area contributed by atoms with Crippen LogP contribution < -0.4 is 5.32 Å². The van der Waals surface area contributed by atoms with Gasteiger partial charge in [-0.05, 0) is 18.2 Å². The summed E-state index contributed by atoms with van der Waals surface area (Å²) in [6, 6.07) is 9.32. The van der Waals surface area contributed by atoms with Crippen LogP contribution in [0.25, 0.3) is 10.1 Å². The molecule has 0 aliphatic carbocycles. The van der Waals surface area contributed by atoms with Gasteiger partial charge in [0.2, 0.25) is 15.9 Å². The van der Waals surface area contributed by atoms with Gasteiger partial charge in [-0.15, -0.1) is 11.3 Å². The first-order valence-corrected chi connectivity index (χ1v) is 10.7. The van der Waals surface area contributed by atoms with Crippen molar-refractivity contribution >= 4 is 49.0 Å². The van der Waals surface area contributed by atoms with E-state index in [1.54, 1.807) is 24.3 Å². The average molecular weight is 454 g/mol. The van der Waals surface area contributed by atoms with Crippen molar-refractivity contribution in [3.05, 3.63) is 59.0 Å². The van der Waals surface area contributed by atoms with Gasteiger partial charge in [-0.2, -0.15) is 4.31 Å². The molecule has 1 heterocycles. The summed E-state index contributed by atoms with van der Waals surface area (Å²) in [6.07, 6.45) is 0. The second kappa shape index (κ2) is 8.46. The van der Waals surface area contributed by atoms with Crippen molar-refractivity contribution in [3.8, 4) is 0 Å². The minimum atomic E-state index is -4.26. The molecule has 0 saturated heterocycles. The number of likely N-dealkylation sites (N-methyl/N-ethyl adjacent to an activating group) is 1. The summed E-state index contributed by atoms with van der Waals surface area (Å²) in [4.78, 5) is 24.1. The lowest BCUT2D eigenvalue weighted by molar-refractivity contribution is -0.116. The number of anilines is 1. The summed E-state index contributed by atoms with van der Waals surface area (Å²) >= 11 is 0.967. The smallest absolute Gasteiger partial charge is 0.349 e. The van der Waals surface area contributed by atoms with Crippen LogP contribution in [0.3, 0.4) is 0 Å². The molecule has 1 N–H and O–H groups in total. The van der Waals surface area contributed by atoms with E-state index >= 15 is 0 Å². The molecule has 158 valence electrons. The van der Waals surface area contributed by atoms with Crippen molar-refractivity contribution in [2.45, 2.75) is 4.90 Å². The van der Waals surface area contributed by atoms with Crippen molar-refractivity contribution in [3.63, 3.8) is 0 Å². The molecule has 30 heavy (non-hydrogen) atoms. The molecule has 11 heteroatoms. The van der Waals surface area contributed by atoms with Crippen LogP contribution in [0.1, 0.15) is 9.67 Å². The number of ether oxygens (including phenoxy) is 1. The predicted octanol–water partition coefficient (Wildman–Crippen LogP) is 3.23. The lowest BCUT2D eigenvalue weighted by Crippen LogP contribution is -2.35. The first kappa shape index (κ1) is 21.8. The molecular weight excluding hydrogens is 438 g/mol. The summed E-state index contributed by atoms with van der Waals surface area (Å²) in [5.74, 6) is -3.81. The minimum Gasteiger partial charge on any atom is -0.465 e. The lowest BCUT2D eigenvalue weighted by Gasteiger charge is -2.17. The molecule has 0 radical (unpaired) electrons. The van der Waals surface area contributed by atoms with Gasteiger partial charge in [0.15, 0.2) is 11.6 Å². The number of sulfonamides is 1. The second-order valence-corrected chi connectivity index (χ2v) is 9.22. The Labute approximate surface area is 174 Å². The fourth-order valence-corrected chi connectivity index (χ4v) is 5.62. The first-order chi connectivity index (χ1) is 14.1. The molecule has 0 spiro atoms. The number of fused-ring (bicyclic) bond motifs is 1. The number of esters is 1. The SMILES string of the molecule is COC(=O)c1sc2ccccc2c1S(=O)(=O)N(C)CC(=O)Nc1ccc(F)c(F)c1. The fourth-order valence-electron chi connectivity index (χ4n) is 2.72. The van der Waals surface area contributed by atoms with Crippen molar-refractivity contribution in [1.82, 2.24) is 4.31 Å². The van der Waals surface area contributed by atoms with E-state index in [-0.39, 0.29) is 15.5 Å². The maximum atomic E-state index is 13.3. The van der Waals surface area contributed by atoms with Crippen LogP contribution >= 0.6 is 11.3 Å². The zero-order valence-electron chi connectivity index (χ0n) is 15.8. The minimum absolute atomic E-state index is 0.0269. The number of carbonyl (C=O) groups excluding carboxylic acids is 2. The Morgan fingerprint density at radius 1 is 1.13 bits per heavy atom. The normalized spacial score (nSPS) is 11.6. The van der Waals surface area contributed by atoms with E-state index in [4.69, 9.17) is 4.74 Å². The van der Waals surface area contributed by atoms with Crippen molar-refractivity contribution in [1.29, 1.82) is 0 Å². The van der Waals surface area contributed by atoms with Gasteiger partial charge in [0, 0.05) is 28.9 Å². The van der Waals surface area contributed by atoms with Gasteiger partial charge in [-0.25, -0.2) is 22.0 Å². The van der Waals surface area contributed by atoms with Crippen LogP contribution in [0, 0.1) is 11.6 Å². The molecule has 0 atom stereocenters. The molecule has 7 nitrogen and oxygen atoms in total. The Morgan fingerprint density at radius 3 is 2.50 bits per heavy atom. The number of halogens is 2. The third-order valence-corrected chi connectivity index (χ3v) is 7.33. The third-order valence-electron chi connectivity index (χ3n) is 4.16. The number of amides is 1. The maximum absolute atomic E-state index is 13.3. The summed E-state index contributed by atoms with van der Waals surface area (Å²) in [5.41, 5.74) is -0.0269. The van der Waals surface area contributed by atoms with Gasteiger partial charge in [-0.3, -0.25) is 4.79 Å². The number of rotatable bonds is 6. The summed E-state index contributed by atoms with van der Waals surface area (Å²) < 4.78 is 58.7. The van der Waals surface area contributed by atoms with E-state index in [9.17, 15) is 26.8 Å². The van der Waals surface area contributed by atoms with Crippen molar-refractivity contribution in [2.24, 2.45) is 0 Å². The summed E-state index contributed by atoms with van der Waals surface area (Å²) in [5, 5.41) is 2.63. The molecule has 3 rings (SSSR count). The molecule has 1 amide bonds. The largest absolute Gasteiger partial charge is 0.465 e. The topological polar surface area (TPSA) is 92.8 Å². The first-order valence-electron chi connectivity index (χ1n) is 8.46. The molecule has 0 aliphatic rings. The molecule has 3 aromatic rings. The van der Waals surface area contributed by atoms with Crippen LogP contribution in [0.2, 0.25) is 0 Å². The number of hydrogen-bond acceptors (Lipinski definition) is 6. The van der Waals surface area contributed by atoms with Gasteiger partial charge >= 0.3 is 5.97 Å². The molecule has 0 fully saturated rings. The molecule has 0 unspecified atom stereocenters. The molecule has 0 bridgehead atoms. The maximum Gasteiger partial charge on any atom is 0.349 e. The number of nitrogens with one attached hydrogen (secondary N) is 1. The van der Waals surface area contributed by atoms with E-state index in [0.717, 1.165) is 41.0 Å². The monoisotopic (exact) mass is 454 g/mol. The number of methoxy groups -OCH3 is 1. The van der Waals surface area contributed by atoms with Crippen molar-refractivity contribution < 1.29 is 31.5 Å². The predicted molar refractivity (Wildman–Crippen MR) is 108 cm³/mol. The van der Waals surface area contributed by atoms with Gasteiger partial charge in [-0.1, -0.05) is 18.2 Å². The van der Waals surface area contributed by atoms with Crippen LogP contribution in [0.15, 0.2) is 47.4 Å². The highest BCUT2D eigenvalue weighted by molar-refractivity contribution is 7.89. The zero-order chi connectivity index (χ0) is 22.1. The number of nitrogens with zero attached hydrogens (tertiary/aromatic N) is 1. The average Bonchev–Trinajstić information content (AvgIpc) is 3.10. The number of thiophene rings is 1. The summed E-state index contributed by atoms with van der Waals surface area (Å²) in [7, 11) is -1.95. The lowest BCUT2D eigenvalue weighted by atomic mass is 10.2. The van der Waals surface area contributed by atoms with E-state index in [1.165, 1.54) is 7.05 Å². The van der Waals surface area contributed by atoms with E-state index in [2.05, 4.69) is 5.32 Å². The van der Waals surface area contributed by atoms with Gasteiger partial charge in [0.1, 0.15) is 9.77 Å². The molecule has 2 aromatic carbocycles. The van der Waals surface area contributed by atoms with Crippen molar-refractivity contribution in [2.75, 3.05) is 26.0 Å². The highest BCUT2D eigenvalue weighted by Crippen LogP contribution is 2.36. The number of carbonyl (C=O) groups is 2. The third kappa shape index (κ3) is 4.18. The van der Waals surface area contributed by atoms with E-state index in [1.807, 2.05) is 0 Å².